The molecule has 21 heavy (non-hydrogen) atoms. The van der Waals surface area contributed by atoms with Crippen molar-refractivity contribution in [3.8, 4) is 5.75 Å². The standard InChI is InChI=1S/C17H25NO3/c1-11(2)17(3,20)10-18-16(19)14-9-13(14)12-7-5-6-8-15(12)21-4/h5-8,11,13-14,20H,9-10H2,1-4H3,(H,18,19). The third-order valence-corrected chi connectivity index (χ3v) is 4.53. The van der Waals surface area contributed by atoms with Gasteiger partial charge in [-0.05, 0) is 36.8 Å². The summed E-state index contributed by atoms with van der Waals surface area (Å²) in [4.78, 5) is 12.2. The van der Waals surface area contributed by atoms with Crippen molar-refractivity contribution >= 4 is 5.91 Å². The number of ether oxygens (including phenoxy) is 1. The van der Waals surface area contributed by atoms with E-state index in [0.717, 1.165) is 17.7 Å². The first-order valence-corrected chi connectivity index (χ1v) is 7.50. The summed E-state index contributed by atoms with van der Waals surface area (Å²) in [6, 6.07) is 7.83. The number of hydrogen-bond donors (Lipinski definition) is 2. The van der Waals surface area contributed by atoms with Crippen LogP contribution in [0.2, 0.25) is 0 Å². The van der Waals surface area contributed by atoms with Crippen LogP contribution in [0.15, 0.2) is 24.3 Å². The van der Waals surface area contributed by atoms with Gasteiger partial charge in [-0.15, -0.1) is 0 Å². The Morgan fingerprint density at radius 1 is 1.48 bits per heavy atom. The Hall–Kier alpha value is -1.55. The monoisotopic (exact) mass is 291 g/mol. The Morgan fingerprint density at radius 3 is 2.76 bits per heavy atom. The number of nitrogens with one attached hydrogen (secondary N) is 1. The summed E-state index contributed by atoms with van der Waals surface area (Å²) < 4.78 is 5.35. The van der Waals surface area contributed by atoms with Crippen LogP contribution in [-0.4, -0.2) is 30.3 Å². The van der Waals surface area contributed by atoms with Crippen LogP contribution in [0.5, 0.6) is 5.75 Å². The van der Waals surface area contributed by atoms with Crippen molar-refractivity contribution in [3.63, 3.8) is 0 Å². The maximum absolute atomic E-state index is 12.2. The molecule has 0 radical (unpaired) electrons. The zero-order valence-corrected chi connectivity index (χ0v) is 13.2. The van der Waals surface area contributed by atoms with Crippen molar-refractivity contribution in [2.45, 2.75) is 38.7 Å². The van der Waals surface area contributed by atoms with E-state index in [1.165, 1.54) is 0 Å². The molecule has 1 amide bonds. The third kappa shape index (κ3) is 3.56. The van der Waals surface area contributed by atoms with Crippen molar-refractivity contribution in [2.24, 2.45) is 11.8 Å². The lowest BCUT2D eigenvalue weighted by Gasteiger charge is -2.27. The van der Waals surface area contributed by atoms with Gasteiger partial charge >= 0.3 is 0 Å². The molecular weight excluding hydrogens is 266 g/mol. The first kappa shape index (κ1) is 15.8. The average Bonchev–Trinajstić information content (AvgIpc) is 3.25. The summed E-state index contributed by atoms with van der Waals surface area (Å²) in [5.41, 5.74) is 0.223. The number of benzene rings is 1. The number of amides is 1. The van der Waals surface area contributed by atoms with Gasteiger partial charge in [0.05, 0.1) is 12.7 Å². The molecule has 0 heterocycles. The smallest absolute Gasteiger partial charge is 0.223 e. The van der Waals surface area contributed by atoms with E-state index in [-0.39, 0.29) is 23.7 Å². The van der Waals surface area contributed by atoms with E-state index >= 15 is 0 Å². The molecule has 0 saturated heterocycles. The maximum atomic E-state index is 12.2. The maximum Gasteiger partial charge on any atom is 0.223 e. The molecule has 3 unspecified atom stereocenters. The van der Waals surface area contributed by atoms with E-state index in [0.29, 0.717) is 6.54 Å². The minimum atomic E-state index is -0.871. The third-order valence-electron chi connectivity index (χ3n) is 4.53. The molecule has 0 aliphatic heterocycles. The zero-order valence-electron chi connectivity index (χ0n) is 13.2. The van der Waals surface area contributed by atoms with Crippen LogP contribution in [0.1, 0.15) is 38.7 Å². The first-order chi connectivity index (χ1) is 9.86. The fraction of sp³-hybridized carbons (Fsp3) is 0.588. The molecule has 0 bridgehead atoms. The summed E-state index contributed by atoms with van der Waals surface area (Å²) >= 11 is 0. The Morgan fingerprint density at radius 2 is 2.14 bits per heavy atom. The van der Waals surface area contributed by atoms with Crippen LogP contribution in [0, 0.1) is 11.8 Å². The number of methoxy groups -OCH3 is 1. The second-order valence-electron chi connectivity index (χ2n) is 6.42. The van der Waals surface area contributed by atoms with E-state index in [4.69, 9.17) is 4.74 Å². The van der Waals surface area contributed by atoms with Gasteiger partial charge in [0.1, 0.15) is 5.75 Å². The largest absolute Gasteiger partial charge is 0.496 e. The highest BCUT2D eigenvalue weighted by atomic mass is 16.5. The van der Waals surface area contributed by atoms with Crippen LogP contribution < -0.4 is 10.1 Å². The van der Waals surface area contributed by atoms with Crippen molar-refractivity contribution < 1.29 is 14.6 Å². The summed E-state index contributed by atoms with van der Waals surface area (Å²) in [6.07, 6.45) is 0.843. The van der Waals surface area contributed by atoms with Crippen LogP contribution >= 0.6 is 0 Å². The minimum Gasteiger partial charge on any atom is -0.496 e. The molecule has 1 aromatic rings. The number of hydrogen-bond acceptors (Lipinski definition) is 3. The summed E-state index contributed by atoms with van der Waals surface area (Å²) in [7, 11) is 1.65. The molecule has 1 saturated carbocycles. The predicted molar refractivity (Wildman–Crippen MR) is 82.3 cm³/mol. The van der Waals surface area contributed by atoms with Crippen molar-refractivity contribution in [1.82, 2.24) is 5.32 Å². The highest BCUT2D eigenvalue weighted by Crippen LogP contribution is 2.50. The van der Waals surface area contributed by atoms with Gasteiger partial charge in [0, 0.05) is 12.5 Å². The van der Waals surface area contributed by atoms with E-state index in [1.807, 2.05) is 38.1 Å². The van der Waals surface area contributed by atoms with Crippen LogP contribution in [0.25, 0.3) is 0 Å². The first-order valence-electron chi connectivity index (χ1n) is 7.50. The molecule has 4 heteroatoms. The Kier molecular flexibility index (Phi) is 4.57. The molecule has 4 nitrogen and oxygen atoms in total. The molecule has 2 rings (SSSR count). The average molecular weight is 291 g/mol. The van der Waals surface area contributed by atoms with E-state index in [2.05, 4.69) is 5.32 Å². The number of carbonyl (C=O) groups excluding carboxylic acids is 1. The quantitative estimate of drug-likeness (QED) is 0.845. The van der Waals surface area contributed by atoms with E-state index < -0.39 is 5.60 Å². The lowest BCUT2D eigenvalue weighted by molar-refractivity contribution is -0.124. The number of carbonyl (C=O) groups is 1. The van der Waals surface area contributed by atoms with Gasteiger partial charge in [0.25, 0.3) is 0 Å². The van der Waals surface area contributed by atoms with E-state index in [1.54, 1.807) is 14.0 Å². The predicted octanol–water partition coefficient (Wildman–Crippen LogP) is 2.32. The lowest BCUT2D eigenvalue weighted by Crippen LogP contribution is -2.44. The Bertz CT molecular complexity index is 511. The lowest BCUT2D eigenvalue weighted by atomic mass is 9.92. The number of rotatable bonds is 6. The van der Waals surface area contributed by atoms with Crippen LogP contribution in [0.3, 0.4) is 0 Å². The van der Waals surface area contributed by atoms with Gasteiger partial charge in [-0.25, -0.2) is 0 Å². The van der Waals surface area contributed by atoms with Gasteiger partial charge < -0.3 is 15.2 Å². The second kappa shape index (κ2) is 6.06. The minimum absolute atomic E-state index is 0.00994. The van der Waals surface area contributed by atoms with Gasteiger partial charge in [0.15, 0.2) is 0 Å². The van der Waals surface area contributed by atoms with Crippen molar-refractivity contribution in [2.75, 3.05) is 13.7 Å². The summed E-state index contributed by atoms with van der Waals surface area (Å²) in [6.45, 7) is 5.93. The number of para-hydroxylation sites is 1. The molecule has 1 aromatic carbocycles. The van der Waals surface area contributed by atoms with E-state index in [9.17, 15) is 9.90 Å². The van der Waals surface area contributed by atoms with Gasteiger partial charge in [-0.1, -0.05) is 32.0 Å². The summed E-state index contributed by atoms with van der Waals surface area (Å²) in [5, 5.41) is 13.0. The molecule has 116 valence electrons. The van der Waals surface area contributed by atoms with Crippen LogP contribution in [-0.2, 0) is 4.79 Å². The molecular formula is C17H25NO3. The zero-order chi connectivity index (χ0) is 15.6. The molecule has 1 aliphatic carbocycles. The Labute approximate surface area is 126 Å². The molecule has 2 N–H and O–H groups in total. The van der Waals surface area contributed by atoms with Gasteiger partial charge in [0.2, 0.25) is 5.91 Å². The van der Waals surface area contributed by atoms with Crippen molar-refractivity contribution in [1.29, 1.82) is 0 Å². The fourth-order valence-corrected chi connectivity index (χ4v) is 2.40. The SMILES string of the molecule is COc1ccccc1C1CC1C(=O)NCC(C)(O)C(C)C. The molecule has 0 spiro atoms. The second-order valence-corrected chi connectivity index (χ2v) is 6.42. The van der Waals surface area contributed by atoms with Crippen molar-refractivity contribution in [3.05, 3.63) is 29.8 Å². The molecule has 1 fully saturated rings. The highest BCUT2D eigenvalue weighted by Gasteiger charge is 2.45. The van der Waals surface area contributed by atoms with Crippen LogP contribution in [0.4, 0.5) is 0 Å². The molecule has 3 atom stereocenters. The normalized spacial score (nSPS) is 23.5. The highest BCUT2D eigenvalue weighted by molar-refractivity contribution is 5.83. The Balaban J connectivity index is 1.93. The molecule has 1 aliphatic rings. The molecule has 0 aromatic heterocycles. The van der Waals surface area contributed by atoms with Gasteiger partial charge in [-0.2, -0.15) is 0 Å². The fourth-order valence-electron chi connectivity index (χ4n) is 2.40. The topological polar surface area (TPSA) is 58.6 Å². The summed E-state index contributed by atoms with van der Waals surface area (Å²) in [5.74, 6) is 1.18. The number of aliphatic hydroxyl groups is 1. The van der Waals surface area contributed by atoms with Gasteiger partial charge in [-0.3, -0.25) is 4.79 Å².